The van der Waals surface area contributed by atoms with Gasteiger partial charge in [-0.1, -0.05) is 55.3 Å². The number of carbonyl (C=O) groups is 2. The van der Waals surface area contributed by atoms with Gasteiger partial charge in [0.25, 0.3) is 0 Å². The fraction of sp³-hybridized carbons (Fsp3) is 0.548. The number of nitrogens with zero attached hydrogens (tertiary/aromatic N) is 1. The lowest BCUT2D eigenvalue weighted by Gasteiger charge is -2.34. The van der Waals surface area contributed by atoms with Crippen LogP contribution in [-0.2, 0) is 26.4 Å². The van der Waals surface area contributed by atoms with Crippen molar-refractivity contribution in [3.8, 4) is 0 Å². The number of piperidine rings is 1. The summed E-state index contributed by atoms with van der Waals surface area (Å²) in [7, 11) is -3.50. The largest absolute Gasteiger partial charge is 0.444 e. The van der Waals surface area contributed by atoms with E-state index in [1.54, 1.807) is 29.2 Å². The lowest BCUT2D eigenvalue weighted by Crippen LogP contribution is -2.49. The van der Waals surface area contributed by atoms with Gasteiger partial charge in [0, 0.05) is 31.6 Å². The number of benzene rings is 2. The van der Waals surface area contributed by atoms with Gasteiger partial charge in [-0.3, -0.25) is 0 Å². The maximum absolute atomic E-state index is 13.3. The first-order chi connectivity index (χ1) is 19.0. The molecule has 0 aromatic heterocycles. The highest BCUT2D eigenvalue weighted by molar-refractivity contribution is 7.92. The number of nitrogens with one attached hydrogen (secondary N) is 2. The highest BCUT2D eigenvalue weighted by atomic mass is 32.2. The summed E-state index contributed by atoms with van der Waals surface area (Å²) in [6.45, 7) is 7.26. The van der Waals surface area contributed by atoms with Crippen LogP contribution in [0.2, 0.25) is 0 Å². The molecule has 2 fully saturated rings. The maximum atomic E-state index is 13.3. The zero-order chi connectivity index (χ0) is 28.8. The van der Waals surface area contributed by atoms with Crippen LogP contribution in [0.4, 0.5) is 9.59 Å². The molecule has 1 heterocycles. The SMILES string of the molecule is CC(C)(C)OC(=O)NCCc1ccc(S(=O)(=O)C2CCN(C(=O)NCC3(c4ccccc4)CCCC3)CC2)cc1. The average molecular weight is 570 g/mol. The molecule has 0 unspecified atom stereocenters. The molecule has 2 aromatic rings. The van der Waals surface area contributed by atoms with Crippen molar-refractivity contribution in [3.63, 3.8) is 0 Å². The van der Waals surface area contributed by atoms with Crippen LogP contribution in [0.25, 0.3) is 0 Å². The highest BCUT2D eigenvalue weighted by Gasteiger charge is 2.37. The van der Waals surface area contributed by atoms with E-state index in [1.807, 2.05) is 26.8 Å². The Hall–Kier alpha value is -3.07. The topological polar surface area (TPSA) is 105 Å². The first-order valence-electron chi connectivity index (χ1n) is 14.4. The van der Waals surface area contributed by atoms with Crippen LogP contribution in [-0.4, -0.2) is 62.5 Å². The van der Waals surface area contributed by atoms with Crippen LogP contribution < -0.4 is 10.6 Å². The number of rotatable bonds is 8. The number of ether oxygens (including phenoxy) is 1. The standard InChI is InChI=1S/C31H43N3O5S/c1-30(2,3)39-29(36)32-20-15-24-11-13-26(14-12-24)40(37,38)27-16-21-34(22-17-27)28(35)33-23-31(18-7-8-19-31)25-9-5-4-6-10-25/h4-6,9-14,27H,7-8,15-23H2,1-3H3,(H,32,36)(H,33,35). The molecule has 1 aliphatic heterocycles. The van der Waals surface area contributed by atoms with Crippen LogP contribution >= 0.6 is 0 Å². The predicted octanol–water partition coefficient (Wildman–Crippen LogP) is 5.21. The highest BCUT2D eigenvalue weighted by Crippen LogP contribution is 2.40. The van der Waals surface area contributed by atoms with Gasteiger partial charge in [0.2, 0.25) is 0 Å². The number of alkyl carbamates (subject to hydrolysis) is 1. The molecular formula is C31H43N3O5S. The third-order valence-corrected chi connectivity index (χ3v) is 10.3. The number of hydrogen-bond donors (Lipinski definition) is 2. The van der Waals surface area contributed by atoms with E-state index < -0.39 is 26.8 Å². The average Bonchev–Trinajstić information content (AvgIpc) is 3.42. The second-order valence-electron chi connectivity index (χ2n) is 12.1. The van der Waals surface area contributed by atoms with E-state index >= 15 is 0 Å². The molecule has 9 heteroatoms. The number of carbonyl (C=O) groups excluding carboxylic acids is 2. The van der Waals surface area contributed by atoms with E-state index in [4.69, 9.17) is 4.74 Å². The first-order valence-corrected chi connectivity index (χ1v) is 15.9. The number of hydrogen-bond acceptors (Lipinski definition) is 5. The monoisotopic (exact) mass is 569 g/mol. The van der Waals surface area contributed by atoms with Crippen molar-refractivity contribution in [1.82, 2.24) is 15.5 Å². The van der Waals surface area contributed by atoms with E-state index in [1.165, 1.54) is 5.56 Å². The van der Waals surface area contributed by atoms with E-state index in [2.05, 4.69) is 34.9 Å². The molecular weight excluding hydrogens is 526 g/mol. The Kier molecular flexibility index (Phi) is 9.44. The predicted molar refractivity (Wildman–Crippen MR) is 156 cm³/mol. The number of sulfone groups is 1. The molecule has 8 nitrogen and oxygen atoms in total. The molecule has 0 atom stereocenters. The van der Waals surface area contributed by atoms with Crippen LogP contribution in [0.5, 0.6) is 0 Å². The molecule has 3 amide bonds. The van der Waals surface area contributed by atoms with Crippen LogP contribution in [0.3, 0.4) is 0 Å². The van der Waals surface area contributed by atoms with Gasteiger partial charge in [0.1, 0.15) is 5.60 Å². The Morgan fingerprint density at radius 2 is 1.57 bits per heavy atom. The summed E-state index contributed by atoms with van der Waals surface area (Å²) < 4.78 is 31.9. The zero-order valence-electron chi connectivity index (χ0n) is 23.9. The van der Waals surface area contributed by atoms with Gasteiger partial charge in [-0.2, -0.15) is 0 Å². The van der Waals surface area contributed by atoms with Crippen LogP contribution in [0.1, 0.15) is 70.4 Å². The number of likely N-dealkylation sites (tertiary alicyclic amines) is 1. The summed E-state index contributed by atoms with van der Waals surface area (Å²) in [6, 6.07) is 17.2. The molecule has 40 heavy (non-hydrogen) atoms. The lowest BCUT2D eigenvalue weighted by molar-refractivity contribution is 0.0528. The summed E-state index contributed by atoms with van der Waals surface area (Å²) in [5, 5.41) is 5.37. The van der Waals surface area contributed by atoms with Crippen molar-refractivity contribution in [2.45, 2.75) is 86.9 Å². The Morgan fingerprint density at radius 1 is 0.950 bits per heavy atom. The minimum Gasteiger partial charge on any atom is -0.444 e. The van der Waals surface area contributed by atoms with Crippen molar-refractivity contribution in [2.24, 2.45) is 0 Å². The molecule has 0 bridgehead atoms. The van der Waals surface area contributed by atoms with Gasteiger partial charge < -0.3 is 20.3 Å². The minimum absolute atomic E-state index is 0.0173. The third kappa shape index (κ3) is 7.56. The van der Waals surface area contributed by atoms with Gasteiger partial charge in [-0.05, 0) is 76.1 Å². The molecule has 1 saturated carbocycles. The fourth-order valence-corrected chi connectivity index (χ4v) is 7.53. The number of amides is 3. The second kappa shape index (κ2) is 12.6. The van der Waals surface area contributed by atoms with E-state index in [0.717, 1.165) is 31.2 Å². The fourth-order valence-electron chi connectivity index (χ4n) is 5.80. The van der Waals surface area contributed by atoms with Gasteiger partial charge in [0.15, 0.2) is 9.84 Å². The molecule has 2 aromatic carbocycles. The van der Waals surface area contributed by atoms with E-state index in [9.17, 15) is 18.0 Å². The molecule has 2 aliphatic rings. The number of urea groups is 1. The van der Waals surface area contributed by atoms with Gasteiger partial charge in [-0.25, -0.2) is 18.0 Å². The Balaban J connectivity index is 1.25. The summed E-state index contributed by atoms with van der Waals surface area (Å²) >= 11 is 0. The van der Waals surface area contributed by atoms with Crippen molar-refractivity contribution < 1.29 is 22.7 Å². The van der Waals surface area contributed by atoms with Gasteiger partial charge in [0.05, 0.1) is 10.1 Å². The molecule has 1 saturated heterocycles. The van der Waals surface area contributed by atoms with Gasteiger partial charge in [-0.15, -0.1) is 0 Å². The Bertz CT molecular complexity index is 1240. The zero-order valence-corrected chi connectivity index (χ0v) is 24.8. The molecule has 4 rings (SSSR count). The van der Waals surface area contributed by atoms with Crippen molar-refractivity contribution >= 4 is 22.0 Å². The summed E-state index contributed by atoms with van der Waals surface area (Å²) in [6.07, 6.45) is 5.39. The van der Waals surface area contributed by atoms with Crippen LogP contribution in [0.15, 0.2) is 59.5 Å². The van der Waals surface area contributed by atoms with Crippen molar-refractivity contribution in [2.75, 3.05) is 26.2 Å². The Morgan fingerprint density at radius 3 is 2.17 bits per heavy atom. The third-order valence-electron chi connectivity index (χ3n) is 8.03. The molecule has 0 radical (unpaired) electrons. The lowest BCUT2D eigenvalue weighted by atomic mass is 9.79. The normalized spacial score (nSPS) is 17.8. The second-order valence-corrected chi connectivity index (χ2v) is 14.3. The van der Waals surface area contributed by atoms with Crippen molar-refractivity contribution in [1.29, 1.82) is 0 Å². The van der Waals surface area contributed by atoms with E-state index in [-0.39, 0.29) is 11.4 Å². The summed E-state index contributed by atoms with van der Waals surface area (Å²) in [5.74, 6) is 0. The molecule has 1 aliphatic carbocycles. The Labute approximate surface area is 238 Å². The van der Waals surface area contributed by atoms with Gasteiger partial charge >= 0.3 is 12.1 Å². The van der Waals surface area contributed by atoms with E-state index in [0.29, 0.717) is 50.3 Å². The maximum Gasteiger partial charge on any atom is 0.407 e. The minimum atomic E-state index is -3.50. The van der Waals surface area contributed by atoms with Crippen molar-refractivity contribution in [3.05, 3.63) is 65.7 Å². The molecule has 2 N–H and O–H groups in total. The smallest absolute Gasteiger partial charge is 0.407 e. The van der Waals surface area contributed by atoms with Crippen LogP contribution in [0, 0.1) is 0 Å². The summed E-state index contributed by atoms with van der Waals surface area (Å²) in [4.78, 5) is 26.9. The molecule has 218 valence electrons. The molecule has 0 spiro atoms. The first kappa shape index (κ1) is 29.9. The quantitative estimate of drug-likeness (QED) is 0.454. The summed E-state index contributed by atoms with van der Waals surface area (Å²) in [5.41, 5.74) is 1.64.